The second-order valence-electron chi connectivity index (χ2n) is 6.70. The first-order chi connectivity index (χ1) is 13.8. The van der Waals surface area contributed by atoms with Gasteiger partial charge >= 0.3 is 6.61 Å². The van der Waals surface area contributed by atoms with Crippen molar-refractivity contribution in [3.8, 4) is 5.75 Å². The highest BCUT2D eigenvalue weighted by molar-refractivity contribution is 14.0. The lowest BCUT2D eigenvalue weighted by Gasteiger charge is -2.22. The second-order valence-corrected chi connectivity index (χ2v) is 8.54. The summed E-state index contributed by atoms with van der Waals surface area (Å²) in [5.41, 5.74) is 0.644. The summed E-state index contributed by atoms with van der Waals surface area (Å²) in [6.07, 6.45) is 2.53. The van der Waals surface area contributed by atoms with E-state index in [1.54, 1.807) is 18.2 Å². The van der Waals surface area contributed by atoms with Gasteiger partial charge in [-0.3, -0.25) is 4.99 Å². The molecule has 0 aliphatic carbocycles. The largest absolute Gasteiger partial charge is 0.433 e. The van der Waals surface area contributed by atoms with Gasteiger partial charge in [0.05, 0.1) is 11.9 Å². The average Bonchev–Trinajstić information content (AvgIpc) is 3.09. The Balaban J connectivity index is 0.00000450. The van der Waals surface area contributed by atoms with E-state index >= 15 is 0 Å². The van der Waals surface area contributed by atoms with E-state index in [9.17, 15) is 17.2 Å². The van der Waals surface area contributed by atoms with Crippen molar-refractivity contribution in [3.63, 3.8) is 0 Å². The normalized spacial score (nSPS) is 17.0. The lowest BCUT2D eigenvalue weighted by Crippen LogP contribution is -2.44. The number of rotatable bonds is 10. The van der Waals surface area contributed by atoms with E-state index in [1.807, 2.05) is 11.8 Å². The lowest BCUT2D eigenvalue weighted by molar-refractivity contribution is -0.0495. The average molecular weight is 561 g/mol. The van der Waals surface area contributed by atoms with E-state index in [1.165, 1.54) is 6.07 Å². The van der Waals surface area contributed by atoms with Crippen molar-refractivity contribution in [2.75, 3.05) is 43.9 Å². The molecule has 1 aromatic rings. The van der Waals surface area contributed by atoms with Crippen LogP contribution in [0.25, 0.3) is 0 Å². The van der Waals surface area contributed by atoms with E-state index in [-0.39, 0.29) is 35.8 Å². The van der Waals surface area contributed by atoms with Gasteiger partial charge in [-0.25, -0.2) is 13.1 Å². The van der Waals surface area contributed by atoms with E-state index in [4.69, 9.17) is 0 Å². The van der Waals surface area contributed by atoms with Crippen molar-refractivity contribution in [2.45, 2.75) is 32.4 Å². The maximum atomic E-state index is 12.6. The molecule has 3 N–H and O–H groups in total. The predicted molar refractivity (Wildman–Crippen MR) is 126 cm³/mol. The molecule has 0 amide bonds. The zero-order valence-corrected chi connectivity index (χ0v) is 20.3. The monoisotopic (exact) mass is 561 g/mol. The van der Waals surface area contributed by atoms with Crippen LogP contribution in [0.5, 0.6) is 5.75 Å². The van der Waals surface area contributed by atoms with Crippen LogP contribution in [-0.4, -0.2) is 66.0 Å². The van der Waals surface area contributed by atoms with Crippen molar-refractivity contribution in [2.24, 2.45) is 4.99 Å². The number of halogens is 3. The molecule has 0 saturated carbocycles. The Morgan fingerprint density at radius 3 is 2.77 bits per heavy atom. The molecule has 8 nitrogen and oxygen atoms in total. The second kappa shape index (κ2) is 13.1. The molecule has 1 unspecified atom stereocenters. The molecule has 12 heteroatoms. The molecule has 0 bridgehead atoms. The van der Waals surface area contributed by atoms with Crippen LogP contribution in [0.2, 0.25) is 0 Å². The van der Waals surface area contributed by atoms with Gasteiger partial charge in [-0.2, -0.15) is 8.78 Å². The molecule has 30 heavy (non-hydrogen) atoms. The quantitative estimate of drug-likeness (QED) is 0.175. The van der Waals surface area contributed by atoms with Gasteiger partial charge < -0.3 is 20.3 Å². The molecule has 0 spiro atoms. The minimum absolute atomic E-state index is 0. The van der Waals surface area contributed by atoms with Crippen LogP contribution in [0.4, 0.5) is 14.5 Å². The molecule has 0 radical (unpaired) electrons. The fourth-order valence-corrected chi connectivity index (χ4v) is 3.57. The summed E-state index contributed by atoms with van der Waals surface area (Å²) in [5.74, 6) is 0.818. The van der Waals surface area contributed by atoms with Crippen LogP contribution in [-0.2, 0) is 10.0 Å². The highest BCUT2D eigenvalue weighted by atomic mass is 127. The fraction of sp³-hybridized carbons (Fsp3) is 0.611. The number of sulfonamides is 1. The number of nitrogens with zero attached hydrogens (tertiary/aromatic N) is 2. The number of nitrogens with one attached hydrogen (secondary N) is 3. The van der Waals surface area contributed by atoms with Gasteiger partial charge in [0, 0.05) is 38.8 Å². The van der Waals surface area contributed by atoms with E-state index in [2.05, 4.69) is 25.1 Å². The number of benzene rings is 1. The zero-order chi connectivity index (χ0) is 21.3. The summed E-state index contributed by atoms with van der Waals surface area (Å²) in [6, 6.07) is 6.87. The molecule has 2 rings (SSSR count). The van der Waals surface area contributed by atoms with Crippen molar-refractivity contribution in [1.29, 1.82) is 0 Å². The molecule has 1 atom stereocenters. The van der Waals surface area contributed by atoms with Crippen molar-refractivity contribution >= 4 is 45.6 Å². The highest BCUT2D eigenvalue weighted by Gasteiger charge is 2.26. The Morgan fingerprint density at radius 1 is 1.37 bits per heavy atom. The summed E-state index contributed by atoms with van der Waals surface area (Å²) < 4.78 is 54.5. The molecule has 172 valence electrons. The molecule has 1 saturated heterocycles. The van der Waals surface area contributed by atoms with Crippen LogP contribution in [0.15, 0.2) is 29.3 Å². The number of hydrogen-bond donors (Lipinski definition) is 3. The number of para-hydroxylation sites is 2. The van der Waals surface area contributed by atoms with E-state index < -0.39 is 16.6 Å². The summed E-state index contributed by atoms with van der Waals surface area (Å²) >= 11 is 0. The third-order valence-electron chi connectivity index (χ3n) is 4.26. The van der Waals surface area contributed by atoms with Gasteiger partial charge in [0.1, 0.15) is 5.75 Å². The third-order valence-corrected chi connectivity index (χ3v) is 4.99. The van der Waals surface area contributed by atoms with Crippen LogP contribution >= 0.6 is 24.0 Å². The first-order valence-electron chi connectivity index (χ1n) is 9.56. The van der Waals surface area contributed by atoms with Gasteiger partial charge in [-0.05, 0) is 31.9 Å². The Bertz CT molecular complexity index is 783. The van der Waals surface area contributed by atoms with Gasteiger partial charge in [0.25, 0.3) is 0 Å². The molecule has 1 fully saturated rings. The number of ether oxygens (including phenoxy) is 1. The number of guanidine groups is 1. The summed E-state index contributed by atoms with van der Waals surface area (Å²) in [4.78, 5) is 6.48. The minimum atomic E-state index is -3.19. The maximum absolute atomic E-state index is 12.6. The van der Waals surface area contributed by atoms with E-state index in [0.29, 0.717) is 50.8 Å². The fourth-order valence-electron chi connectivity index (χ4n) is 3.05. The van der Waals surface area contributed by atoms with Crippen LogP contribution < -0.4 is 25.0 Å². The topological polar surface area (TPSA) is 95.1 Å². The SMILES string of the molecule is CCNC(=NCCCNS(C)(=O)=O)NC1CCN(c2ccccc2OC(F)F)C1.I. The van der Waals surface area contributed by atoms with Gasteiger partial charge in [0.2, 0.25) is 10.0 Å². The van der Waals surface area contributed by atoms with Crippen molar-refractivity contribution < 1.29 is 21.9 Å². The summed E-state index contributed by atoms with van der Waals surface area (Å²) in [5, 5.41) is 6.52. The number of anilines is 1. The summed E-state index contributed by atoms with van der Waals surface area (Å²) in [7, 11) is -3.19. The first-order valence-corrected chi connectivity index (χ1v) is 11.5. The number of alkyl halides is 2. The van der Waals surface area contributed by atoms with Crippen LogP contribution in [0.3, 0.4) is 0 Å². The predicted octanol–water partition coefficient (Wildman–Crippen LogP) is 1.98. The lowest BCUT2D eigenvalue weighted by atomic mass is 10.2. The highest BCUT2D eigenvalue weighted by Crippen LogP contribution is 2.31. The molecule has 1 aromatic carbocycles. The molecule has 1 aliphatic heterocycles. The number of hydrogen-bond acceptors (Lipinski definition) is 5. The number of aliphatic imine (C=N–C) groups is 1. The Kier molecular flexibility index (Phi) is 11.6. The third kappa shape index (κ3) is 9.60. The Labute approximate surface area is 193 Å². The summed E-state index contributed by atoms with van der Waals surface area (Å²) in [6.45, 7) is 1.93. The Hall–Kier alpha value is -1.41. The standard InChI is InChI=1S/C18H29F2N5O3S.HI/c1-3-21-18(22-10-6-11-23-29(2,26)27)24-14-9-12-25(13-14)15-7-4-5-8-16(15)28-17(19)20;/h4-5,7-8,14,17,23H,3,6,9-13H2,1-2H3,(H2,21,22,24);1H. The first kappa shape index (κ1) is 26.6. The van der Waals surface area contributed by atoms with Gasteiger partial charge in [-0.1, -0.05) is 12.1 Å². The molecular weight excluding hydrogens is 531 g/mol. The maximum Gasteiger partial charge on any atom is 0.387 e. The van der Waals surface area contributed by atoms with Gasteiger partial charge in [-0.15, -0.1) is 24.0 Å². The van der Waals surface area contributed by atoms with Crippen LogP contribution in [0.1, 0.15) is 19.8 Å². The smallest absolute Gasteiger partial charge is 0.387 e. The van der Waals surface area contributed by atoms with Crippen molar-refractivity contribution in [1.82, 2.24) is 15.4 Å². The van der Waals surface area contributed by atoms with E-state index in [0.717, 1.165) is 12.7 Å². The van der Waals surface area contributed by atoms with Crippen molar-refractivity contribution in [3.05, 3.63) is 24.3 Å². The minimum Gasteiger partial charge on any atom is -0.433 e. The van der Waals surface area contributed by atoms with Crippen LogP contribution in [0, 0.1) is 0 Å². The Morgan fingerprint density at radius 2 is 2.10 bits per heavy atom. The molecule has 1 heterocycles. The molecule has 0 aromatic heterocycles. The molecular formula is C18H30F2IN5O3S. The van der Waals surface area contributed by atoms with Gasteiger partial charge in [0.15, 0.2) is 5.96 Å². The zero-order valence-electron chi connectivity index (χ0n) is 17.1. The molecule has 1 aliphatic rings.